The zero-order chi connectivity index (χ0) is 10.3. The van der Waals surface area contributed by atoms with Crippen molar-refractivity contribution in [3.8, 4) is 5.75 Å². The number of nitrogens with two attached hydrogens (primary N) is 1. The number of ether oxygens (including phenoxy) is 1. The number of nitrogens with one attached hydrogen (secondary N) is 2. The molecule has 0 bridgehead atoms. The van der Waals surface area contributed by atoms with E-state index in [0.29, 0.717) is 11.5 Å². The van der Waals surface area contributed by atoms with Crippen LogP contribution in [0.2, 0.25) is 0 Å². The Bertz CT molecular complexity index is 398. The Morgan fingerprint density at radius 2 is 2.14 bits per heavy atom. The van der Waals surface area contributed by atoms with Crippen molar-refractivity contribution in [1.29, 1.82) is 5.41 Å². The monoisotopic (exact) mass is 191 g/mol. The Hall–Kier alpha value is -1.71. The molecule has 2 rings (SSSR count). The summed E-state index contributed by atoms with van der Waals surface area (Å²) in [5.41, 5.74) is 6.45. The van der Waals surface area contributed by atoms with Crippen molar-refractivity contribution in [3.05, 3.63) is 18.2 Å². The van der Waals surface area contributed by atoms with E-state index in [-0.39, 0.29) is 0 Å². The van der Waals surface area contributed by atoms with Crippen molar-refractivity contribution < 1.29 is 4.74 Å². The third-order valence-corrected chi connectivity index (χ3v) is 2.23. The summed E-state index contributed by atoms with van der Waals surface area (Å²) in [5.74, 6) is 1.08. The summed E-state index contributed by atoms with van der Waals surface area (Å²) in [5, 5.41) is 10.7. The van der Waals surface area contributed by atoms with Gasteiger partial charge in [0.25, 0.3) is 0 Å². The topological polar surface area (TPSA) is 71.1 Å². The Balaban J connectivity index is 2.46. The van der Waals surface area contributed by atoms with Gasteiger partial charge in [-0.2, -0.15) is 0 Å². The van der Waals surface area contributed by atoms with Crippen LogP contribution < -0.4 is 15.8 Å². The van der Waals surface area contributed by atoms with Gasteiger partial charge in [-0.25, -0.2) is 0 Å². The third kappa shape index (κ3) is 1.28. The Labute approximate surface area is 82.6 Å². The minimum Gasteiger partial charge on any atom is -0.478 e. The molecule has 0 unspecified atom stereocenters. The highest BCUT2D eigenvalue weighted by atomic mass is 16.5. The number of rotatable bonds is 0. The standard InChI is InChI=1S/C10H13N3O/c1-10(2)9(12)13-7-5-6(11)3-4-8(7)14-10/h3-5H,11H2,1-2H3,(H2,12,13). The van der Waals surface area contributed by atoms with E-state index in [9.17, 15) is 0 Å². The van der Waals surface area contributed by atoms with E-state index in [4.69, 9.17) is 15.9 Å². The molecule has 74 valence electrons. The second kappa shape index (κ2) is 2.64. The lowest BCUT2D eigenvalue weighted by atomic mass is 10.1. The number of benzene rings is 1. The van der Waals surface area contributed by atoms with E-state index in [2.05, 4.69) is 5.32 Å². The fourth-order valence-electron chi connectivity index (χ4n) is 1.35. The van der Waals surface area contributed by atoms with Gasteiger partial charge in [-0.05, 0) is 32.0 Å². The average molecular weight is 191 g/mol. The predicted molar refractivity (Wildman–Crippen MR) is 56.9 cm³/mol. The second-order valence-electron chi connectivity index (χ2n) is 3.87. The van der Waals surface area contributed by atoms with Crippen molar-refractivity contribution in [2.45, 2.75) is 19.4 Å². The van der Waals surface area contributed by atoms with Gasteiger partial charge in [0.2, 0.25) is 0 Å². The van der Waals surface area contributed by atoms with E-state index in [1.807, 2.05) is 19.9 Å². The first kappa shape index (κ1) is 8.87. The highest BCUT2D eigenvalue weighted by Gasteiger charge is 2.31. The molecule has 4 N–H and O–H groups in total. The van der Waals surface area contributed by atoms with Gasteiger partial charge in [-0.3, -0.25) is 5.41 Å². The molecule has 0 aromatic heterocycles. The number of fused-ring (bicyclic) bond motifs is 1. The van der Waals surface area contributed by atoms with Gasteiger partial charge >= 0.3 is 0 Å². The Kier molecular flexibility index (Phi) is 1.67. The van der Waals surface area contributed by atoms with Crippen LogP contribution in [-0.2, 0) is 0 Å². The summed E-state index contributed by atoms with van der Waals surface area (Å²) in [6.07, 6.45) is 0. The lowest BCUT2D eigenvalue weighted by molar-refractivity contribution is 0.177. The Morgan fingerprint density at radius 1 is 1.43 bits per heavy atom. The van der Waals surface area contributed by atoms with E-state index in [1.54, 1.807) is 12.1 Å². The van der Waals surface area contributed by atoms with Crippen molar-refractivity contribution in [2.75, 3.05) is 11.1 Å². The number of anilines is 2. The van der Waals surface area contributed by atoms with Gasteiger partial charge in [0.1, 0.15) is 11.6 Å². The van der Waals surface area contributed by atoms with Gasteiger partial charge in [-0.15, -0.1) is 0 Å². The molecule has 0 saturated heterocycles. The maximum atomic E-state index is 7.72. The molecule has 1 aromatic rings. The number of hydrogen-bond donors (Lipinski definition) is 3. The van der Waals surface area contributed by atoms with E-state index in [1.165, 1.54) is 0 Å². The maximum absolute atomic E-state index is 7.72. The summed E-state index contributed by atoms with van der Waals surface area (Å²) in [6.45, 7) is 3.70. The summed E-state index contributed by atoms with van der Waals surface area (Å²) >= 11 is 0. The second-order valence-corrected chi connectivity index (χ2v) is 3.87. The molecule has 4 nitrogen and oxygen atoms in total. The molecule has 0 saturated carbocycles. The van der Waals surface area contributed by atoms with Crippen LogP contribution in [0.1, 0.15) is 13.8 Å². The first-order chi connectivity index (χ1) is 6.49. The average Bonchev–Trinajstić information content (AvgIpc) is 2.08. The first-order valence-corrected chi connectivity index (χ1v) is 4.43. The normalized spacial score (nSPS) is 18.0. The van der Waals surface area contributed by atoms with E-state index >= 15 is 0 Å². The maximum Gasteiger partial charge on any atom is 0.160 e. The smallest absolute Gasteiger partial charge is 0.160 e. The van der Waals surface area contributed by atoms with Crippen LogP contribution in [0, 0.1) is 5.41 Å². The molecule has 0 aliphatic carbocycles. The first-order valence-electron chi connectivity index (χ1n) is 4.43. The molecule has 14 heavy (non-hydrogen) atoms. The number of nitrogen functional groups attached to an aromatic ring is 1. The zero-order valence-corrected chi connectivity index (χ0v) is 8.22. The number of amidine groups is 1. The summed E-state index contributed by atoms with van der Waals surface area (Å²) in [6, 6.07) is 5.36. The van der Waals surface area contributed by atoms with Crippen molar-refractivity contribution in [2.24, 2.45) is 0 Å². The van der Waals surface area contributed by atoms with Gasteiger partial charge < -0.3 is 15.8 Å². The molecule has 0 amide bonds. The lowest BCUT2D eigenvalue weighted by Crippen LogP contribution is -2.45. The summed E-state index contributed by atoms with van der Waals surface area (Å²) < 4.78 is 5.64. The SMILES string of the molecule is CC1(C)Oc2ccc(N)cc2NC1=N. The van der Waals surface area contributed by atoms with Crippen LogP contribution in [0.25, 0.3) is 0 Å². The van der Waals surface area contributed by atoms with E-state index in [0.717, 1.165) is 11.4 Å². The third-order valence-electron chi connectivity index (χ3n) is 2.23. The highest BCUT2D eigenvalue weighted by molar-refractivity contribution is 6.02. The highest BCUT2D eigenvalue weighted by Crippen LogP contribution is 2.34. The minimum atomic E-state index is -0.594. The van der Waals surface area contributed by atoms with Crippen LogP contribution in [0.5, 0.6) is 5.75 Å². The molecule has 0 atom stereocenters. The van der Waals surface area contributed by atoms with Crippen molar-refractivity contribution >= 4 is 17.2 Å². The minimum absolute atomic E-state index is 0.343. The van der Waals surface area contributed by atoms with Crippen molar-refractivity contribution in [3.63, 3.8) is 0 Å². The molecule has 1 aliphatic heterocycles. The van der Waals surface area contributed by atoms with Crippen LogP contribution >= 0.6 is 0 Å². The van der Waals surface area contributed by atoms with Gasteiger partial charge in [0.15, 0.2) is 5.60 Å². The number of hydrogen-bond acceptors (Lipinski definition) is 3. The van der Waals surface area contributed by atoms with Crippen LogP contribution in [0.3, 0.4) is 0 Å². The molecule has 1 aromatic carbocycles. The molecular weight excluding hydrogens is 178 g/mol. The molecule has 4 heteroatoms. The quantitative estimate of drug-likeness (QED) is 0.548. The molecular formula is C10H13N3O. The van der Waals surface area contributed by atoms with Gasteiger partial charge in [0.05, 0.1) is 5.69 Å². The fourth-order valence-corrected chi connectivity index (χ4v) is 1.35. The fraction of sp³-hybridized carbons (Fsp3) is 0.300. The van der Waals surface area contributed by atoms with Crippen molar-refractivity contribution in [1.82, 2.24) is 0 Å². The largest absolute Gasteiger partial charge is 0.478 e. The summed E-state index contributed by atoms with van der Waals surface area (Å²) in [4.78, 5) is 0. The van der Waals surface area contributed by atoms with Crippen LogP contribution in [-0.4, -0.2) is 11.4 Å². The molecule has 0 fully saturated rings. The van der Waals surface area contributed by atoms with Gasteiger partial charge in [0, 0.05) is 5.69 Å². The van der Waals surface area contributed by atoms with Crippen LogP contribution in [0.4, 0.5) is 11.4 Å². The predicted octanol–water partition coefficient (Wildman–Crippen LogP) is 1.83. The molecule has 1 heterocycles. The molecule has 1 aliphatic rings. The van der Waals surface area contributed by atoms with Gasteiger partial charge in [-0.1, -0.05) is 0 Å². The summed E-state index contributed by atoms with van der Waals surface area (Å²) in [7, 11) is 0. The lowest BCUT2D eigenvalue weighted by Gasteiger charge is -2.33. The molecule has 0 spiro atoms. The van der Waals surface area contributed by atoms with Crippen LogP contribution in [0.15, 0.2) is 18.2 Å². The molecule has 0 radical (unpaired) electrons. The zero-order valence-electron chi connectivity index (χ0n) is 8.22. The van der Waals surface area contributed by atoms with E-state index < -0.39 is 5.60 Å². The Morgan fingerprint density at radius 3 is 2.86 bits per heavy atom.